The lowest BCUT2D eigenvalue weighted by Crippen LogP contribution is -2.53. The molecule has 0 bridgehead atoms. The van der Waals surface area contributed by atoms with E-state index in [1.54, 1.807) is 0 Å². The van der Waals surface area contributed by atoms with Crippen LogP contribution in [-0.2, 0) is 14.9 Å². The van der Waals surface area contributed by atoms with Gasteiger partial charge in [0.05, 0.1) is 0 Å². The van der Waals surface area contributed by atoms with E-state index in [2.05, 4.69) is 6.58 Å². The molecule has 0 radical (unpaired) electrons. The molecular formula is C7H13NO4S. The van der Waals surface area contributed by atoms with Gasteiger partial charge in [-0.3, -0.25) is 9.35 Å². The average molecular weight is 207 g/mol. The van der Waals surface area contributed by atoms with Crippen molar-refractivity contribution in [3.8, 4) is 0 Å². The van der Waals surface area contributed by atoms with E-state index in [0.29, 0.717) is 0 Å². The first-order valence-electron chi connectivity index (χ1n) is 3.52. The normalized spacial score (nSPS) is 15.1. The first-order chi connectivity index (χ1) is 5.60. The minimum Gasteiger partial charge on any atom is -0.324 e. The summed E-state index contributed by atoms with van der Waals surface area (Å²) < 4.78 is 30.3. The van der Waals surface area contributed by atoms with Crippen LogP contribution in [0, 0.1) is 0 Å². The van der Waals surface area contributed by atoms with Crippen molar-refractivity contribution < 1.29 is 17.8 Å². The zero-order valence-electron chi connectivity index (χ0n) is 7.52. The molecule has 5 nitrogen and oxygen atoms in total. The minimum absolute atomic E-state index is 0.810. The summed E-state index contributed by atoms with van der Waals surface area (Å²) in [6.45, 7) is 5.81. The molecule has 0 aliphatic rings. The van der Waals surface area contributed by atoms with Crippen molar-refractivity contribution >= 4 is 15.9 Å². The fourth-order valence-electron chi connectivity index (χ4n) is 1.00. The van der Waals surface area contributed by atoms with E-state index in [1.165, 1.54) is 13.8 Å². The van der Waals surface area contributed by atoms with Crippen molar-refractivity contribution in [2.24, 2.45) is 5.73 Å². The van der Waals surface area contributed by atoms with Gasteiger partial charge in [-0.25, -0.2) is 0 Å². The number of carbonyl (C=O) groups is 1. The van der Waals surface area contributed by atoms with Crippen molar-refractivity contribution in [1.82, 2.24) is 0 Å². The zero-order chi connectivity index (χ0) is 10.9. The highest BCUT2D eigenvalue weighted by atomic mass is 32.2. The van der Waals surface area contributed by atoms with E-state index in [4.69, 9.17) is 10.3 Å². The van der Waals surface area contributed by atoms with Gasteiger partial charge in [0.25, 0.3) is 10.1 Å². The predicted molar refractivity (Wildman–Crippen MR) is 48.8 cm³/mol. The van der Waals surface area contributed by atoms with Gasteiger partial charge in [0.1, 0.15) is 0 Å². The van der Waals surface area contributed by atoms with E-state index in [9.17, 15) is 13.2 Å². The van der Waals surface area contributed by atoms with Gasteiger partial charge < -0.3 is 5.73 Å². The molecule has 0 aromatic rings. The molecule has 0 saturated carbocycles. The first-order valence-corrected chi connectivity index (χ1v) is 5.02. The third kappa shape index (κ3) is 3.25. The summed E-state index contributed by atoms with van der Waals surface area (Å²) in [5.74, 6) is -0.810. The summed E-state index contributed by atoms with van der Waals surface area (Å²) in [4.78, 5) is 11.1. The molecule has 0 amide bonds. The number of hydrogen-bond acceptors (Lipinski definition) is 4. The third-order valence-electron chi connectivity index (χ3n) is 1.43. The van der Waals surface area contributed by atoms with Crippen LogP contribution in [0.4, 0.5) is 0 Å². The van der Waals surface area contributed by atoms with Gasteiger partial charge in [-0.05, 0) is 19.9 Å². The standard InChI is InChI=1S/C7H13NO4S/c1-4-5(9)6(7(2,3)8)13(10,11)12/h4,6H,1,8H2,2-3H3,(H,10,11,12). The molecule has 1 unspecified atom stereocenters. The van der Waals surface area contributed by atoms with Crippen LogP contribution >= 0.6 is 0 Å². The van der Waals surface area contributed by atoms with Crippen LogP contribution in [-0.4, -0.2) is 29.5 Å². The molecule has 76 valence electrons. The van der Waals surface area contributed by atoms with Gasteiger partial charge in [0.2, 0.25) is 0 Å². The smallest absolute Gasteiger partial charge is 0.277 e. The lowest BCUT2D eigenvalue weighted by Gasteiger charge is -2.25. The molecule has 0 heterocycles. The first kappa shape index (κ1) is 12.3. The number of rotatable bonds is 4. The molecule has 0 aliphatic carbocycles. The highest BCUT2D eigenvalue weighted by Crippen LogP contribution is 2.15. The van der Waals surface area contributed by atoms with Crippen molar-refractivity contribution in [2.45, 2.75) is 24.6 Å². The van der Waals surface area contributed by atoms with E-state index in [-0.39, 0.29) is 0 Å². The van der Waals surface area contributed by atoms with Crippen LogP contribution in [0.1, 0.15) is 13.8 Å². The zero-order valence-corrected chi connectivity index (χ0v) is 8.34. The Morgan fingerprint density at radius 1 is 1.62 bits per heavy atom. The highest BCUT2D eigenvalue weighted by Gasteiger charge is 2.40. The van der Waals surface area contributed by atoms with Gasteiger partial charge in [-0.1, -0.05) is 6.58 Å². The molecule has 0 aromatic carbocycles. The topological polar surface area (TPSA) is 97.5 Å². The van der Waals surface area contributed by atoms with Crippen LogP contribution in [0.2, 0.25) is 0 Å². The SMILES string of the molecule is C=CC(=O)C(C(C)(C)N)S(=O)(=O)O. The maximum absolute atomic E-state index is 11.1. The number of hydrogen-bond donors (Lipinski definition) is 2. The summed E-state index contributed by atoms with van der Waals surface area (Å²) in [7, 11) is -4.48. The molecule has 0 spiro atoms. The molecule has 3 N–H and O–H groups in total. The second-order valence-corrected chi connectivity index (χ2v) is 4.82. The number of allylic oxidation sites excluding steroid dienone is 1. The van der Waals surface area contributed by atoms with E-state index in [0.717, 1.165) is 6.08 Å². The maximum atomic E-state index is 11.1. The molecule has 0 rings (SSSR count). The Bertz CT molecular complexity index is 312. The van der Waals surface area contributed by atoms with Gasteiger partial charge >= 0.3 is 0 Å². The summed E-state index contributed by atoms with van der Waals surface area (Å²) in [6.07, 6.45) is 0.826. The molecule has 0 aliphatic heterocycles. The second kappa shape index (κ2) is 3.57. The van der Waals surface area contributed by atoms with Gasteiger partial charge in [-0.15, -0.1) is 0 Å². The Balaban J connectivity index is 5.25. The van der Waals surface area contributed by atoms with Gasteiger partial charge in [0, 0.05) is 5.54 Å². The van der Waals surface area contributed by atoms with E-state index in [1.807, 2.05) is 0 Å². The van der Waals surface area contributed by atoms with Crippen LogP contribution in [0.3, 0.4) is 0 Å². The Morgan fingerprint density at radius 3 is 2.08 bits per heavy atom. The quantitative estimate of drug-likeness (QED) is 0.488. The maximum Gasteiger partial charge on any atom is 0.277 e. The molecule has 0 saturated heterocycles. The highest BCUT2D eigenvalue weighted by molar-refractivity contribution is 7.87. The number of nitrogens with two attached hydrogens (primary N) is 1. The summed E-state index contributed by atoms with van der Waals surface area (Å²) in [5.41, 5.74) is 4.10. The minimum atomic E-state index is -4.48. The molecule has 0 fully saturated rings. The lowest BCUT2D eigenvalue weighted by molar-refractivity contribution is -0.115. The van der Waals surface area contributed by atoms with Crippen molar-refractivity contribution in [3.05, 3.63) is 12.7 Å². The molecule has 6 heteroatoms. The van der Waals surface area contributed by atoms with Crippen LogP contribution in [0.25, 0.3) is 0 Å². The molecule has 0 aromatic heterocycles. The van der Waals surface area contributed by atoms with Crippen molar-refractivity contribution in [2.75, 3.05) is 0 Å². The third-order valence-corrected chi connectivity index (χ3v) is 2.87. The lowest BCUT2D eigenvalue weighted by atomic mass is 9.98. The Kier molecular flexibility index (Phi) is 3.37. The second-order valence-electron chi connectivity index (χ2n) is 3.32. The Morgan fingerprint density at radius 2 is 2.00 bits per heavy atom. The molecular weight excluding hydrogens is 194 g/mol. The van der Waals surface area contributed by atoms with Crippen molar-refractivity contribution in [3.63, 3.8) is 0 Å². The van der Waals surface area contributed by atoms with Crippen LogP contribution in [0.5, 0.6) is 0 Å². The number of carbonyl (C=O) groups excluding carboxylic acids is 1. The molecule has 13 heavy (non-hydrogen) atoms. The van der Waals surface area contributed by atoms with Crippen LogP contribution in [0.15, 0.2) is 12.7 Å². The molecule has 1 atom stereocenters. The van der Waals surface area contributed by atoms with Crippen molar-refractivity contribution in [1.29, 1.82) is 0 Å². The summed E-state index contributed by atoms with van der Waals surface area (Å²) in [6, 6.07) is 0. The fourth-order valence-corrected chi connectivity index (χ4v) is 2.16. The van der Waals surface area contributed by atoms with E-state index >= 15 is 0 Å². The largest absolute Gasteiger partial charge is 0.324 e. The van der Waals surface area contributed by atoms with Gasteiger partial charge in [-0.2, -0.15) is 8.42 Å². The summed E-state index contributed by atoms with van der Waals surface area (Å²) >= 11 is 0. The van der Waals surface area contributed by atoms with Gasteiger partial charge in [0.15, 0.2) is 11.0 Å². The summed E-state index contributed by atoms with van der Waals surface area (Å²) in [5, 5.41) is -1.66. The fraction of sp³-hybridized carbons (Fsp3) is 0.571. The Labute approximate surface area is 77.4 Å². The number of ketones is 1. The monoisotopic (exact) mass is 207 g/mol. The predicted octanol–water partition coefficient (Wildman–Crippen LogP) is -0.265. The average Bonchev–Trinajstić information content (AvgIpc) is 1.80. The van der Waals surface area contributed by atoms with Crippen LogP contribution < -0.4 is 5.73 Å². The van der Waals surface area contributed by atoms with E-state index < -0.39 is 26.7 Å². The Hall–Kier alpha value is -0.720.